The highest BCUT2D eigenvalue weighted by Gasteiger charge is 2.18. The first-order valence-electron chi connectivity index (χ1n) is 4.74. The van der Waals surface area contributed by atoms with Crippen molar-refractivity contribution in [3.05, 3.63) is 42.7 Å². The highest BCUT2D eigenvalue weighted by atomic mass is 14.7. The van der Waals surface area contributed by atoms with E-state index in [1.807, 2.05) is 18.2 Å². The van der Waals surface area contributed by atoms with Crippen LogP contribution in [0.2, 0.25) is 0 Å². The summed E-state index contributed by atoms with van der Waals surface area (Å²) in [6.45, 7) is 14.3. The van der Waals surface area contributed by atoms with Crippen LogP contribution in [-0.4, -0.2) is 4.98 Å². The molecule has 1 nitrogen and oxygen atoms in total. The smallest absolute Gasteiger partial charge is 0.0733 e. The fourth-order valence-electron chi connectivity index (χ4n) is 1.19. The molecule has 0 spiro atoms. The van der Waals surface area contributed by atoms with Gasteiger partial charge in [-0.2, -0.15) is 0 Å². The second-order valence-electron chi connectivity index (χ2n) is 4.37. The van der Waals surface area contributed by atoms with Gasteiger partial charge in [0.1, 0.15) is 0 Å². The van der Waals surface area contributed by atoms with Crippen molar-refractivity contribution < 1.29 is 0 Å². The van der Waals surface area contributed by atoms with Crippen LogP contribution in [0.25, 0.3) is 11.6 Å². The van der Waals surface area contributed by atoms with Crippen LogP contribution < -0.4 is 0 Å². The lowest BCUT2D eigenvalue weighted by Crippen LogP contribution is -2.09. The lowest BCUT2D eigenvalue weighted by Gasteiger charge is -2.22. The van der Waals surface area contributed by atoms with Crippen molar-refractivity contribution in [2.45, 2.75) is 20.8 Å². The zero-order valence-electron chi connectivity index (χ0n) is 9.17. The Kier molecular flexibility index (Phi) is 2.90. The van der Waals surface area contributed by atoms with Crippen molar-refractivity contribution in [2.75, 3.05) is 0 Å². The Morgan fingerprint density at radius 1 is 1.43 bits per heavy atom. The Hall–Kier alpha value is -1.37. The maximum absolute atomic E-state index is 4.35. The number of aromatic nitrogens is 1. The summed E-state index contributed by atoms with van der Waals surface area (Å²) in [5.74, 6) is 0. The second-order valence-corrected chi connectivity index (χ2v) is 4.37. The summed E-state index contributed by atoms with van der Waals surface area (Å²) in [7, 11) is 0. The number of nitrogens with zero attached hydrogens (tertiary/aromatic N) is 1. The molecule has 0 atom stereocenters. The van der Waals surface area contributed by atoms with Crippen molar-refractivity contribution in [3.8, 4) is 0 Å². The maximum atomic E-state index is 4.35. The first kappa shape index (κ1) is 10.7. The Labute approximate surface area is 86.2 Å². The third-order valence-electron chi connectivity index (χ3n) is 2.25. The summed E-state index contributed by atoms with van der Waals surface area (Å²) in [4.78, 5) is 4.35. The molecule has 1 aromatic rings. The summed E-state index contributed by atoms with van der Waals surface area (Å²) in [5, 5.41) is 0. The second kappa shape index (κ2) is 3.79. The van der Waals surface area contributed by atoms with Crippen molar-refractivity contribution in [2.24, 2.45) is 5.41 Å². The van der Waals surface area contributed by atoms with Gasteiger partial charge in [-0.3, -0.25) is 4.98 Å². The fourth-order valence-corrected chi connectivity index (χ4v) is 1.19. The van der Waals surface area contributed by atoms with E-state index in [0.29, 0.717) is 0 Å². The van der Waals surface area contributed by atoms with E-state index >= 15 is 0 Å². The molecule has 0 unspecified atom stereocenters. The monoisotopic (exact) mass is 187 g/mol. The molecule has 0 aliphatic carbocycles. The molecule has 0 N–H and O–H groups in total. The van der Waals surface area contributed by atoms with E-state index in [-0.39, 0.29) is 5.41 Å². The van der Waals surface area contributed by atoms with Crippen LogP contribution in [-0.2, 0) is 0 Å². The number of rotatable bonds is 2. The zero-order valence-corrected chi connectivity index (χ0v) is 9.17. The minimum absolute atomic E-state index is 0.0477. The quantitative estimate of drug-likeness (QED) is 0.686. The Morgan fingerprint density at radius 3 is 2.57 bits per heavy atom. The van der Waals surface area contributed by atoms with Crippen LogP contribution in [0.5, 0.6) is 0 Å². The molecular weight excluding hydrogens is 170 g/mol. The van der Waals surface area contributed by atoms with Crippen molar-refractivity contribution >= 4 is 11.6 Å². The van der Waals surface area contributed by atoms with Gasteiger partial charge >= 0.3 is 0 Å². The largest absolute Gasteiger partial charge is 0.256 e. The molecule has 1 rings (SSSR count). The summed E-state index contributed by atoms with van der Waals surface area (Å²) in [5.41, 5.74) is 3.10. The van der Waals surface area contributed by atoms with Crippen LogP contribution in [0.15, 0.2) is 31.5 Å². The molecule has 0 aliphatic rings. The molecule has 0 radical (unpaired) electrons. The van der Waals surface area contributed by atoms with Gasteiger partial charge in [0.2, 0.25) is 0 Å². The lowest BCUT2D eigenvalue weighted by atomic mass is 9.84. The third kappa shape index (κ3) is 2.11. The van der Waals surface area contributed by atoms with E-state index in [9.17, 15) is 0 Å². The number of hydrogen-bond acceptors (Lipinski definition) is 1. The van der Waals surface area contributed by atoms with Gasteiger partial charge in [0.25, 0.3) is 0 Å². The maximum Gasteiger partial charge on any atom is 0.0733 e. The number of allylic oxidation sites excluding steroid dienone is 1. The summed E-state index contributed by atoms with van der Waals surface area (Å²) in [6.07, 6.45) is 3.61. The highest BCUT2D eigenvalue weighted by molar-refractivity contribution is 5.72. The van der Waals surface area contributed by atoms with E-state index < -0.39 is 0 Å². The molecule has 1 aromatic heterocycles. The minimum Gasteiger partial charge on any atom is -0.256 e. The molecule has 14 heavy (non-hydrogen) atoms. The first-order valence-corrected chi connectivity index (χ1v) is 4.74. The summed E-state index contributed by atoms with van der Waals surface area (Å²) < 4.78 is 0. The van der Waals surface area contributed by atoms with Crippen molar-refractivity contribution in [3.63, 3.8) is 0 Å². The van der Waals surface area contributed by atoms with Crippen molar-refractivity contribution in [1.29, 1.82) is 0 Å². The van der Waals surface area contributed by atoms with E-state index in [4.69, 9.17) is 0 Å². The van der Waals surface area contributed by atoms with Crippen LogP contribution in [0.4, 0.5) is 0 Å². The first-order chi connectivity index (χ1) is 6.46. The van der Waals surface area contributed by atoms with Crippen molar-refractivity contribution in [1.82, 2.24) is 4.98 Å². The zero-order chi connectivity index (χ0) is 10.8. The van der Waals surface area contributed by atoms with E-state index in [2.05, 4.69) is 38.9 Å². The van der Waals surface area contributed by atoms with Gasteiger partial charge in [0.15, 0.2) is 0 Å². The normalized spacial score (nSPS) is 11.1. The number of hydrogen-bond donors (Lipinski definition) is 0. The van der Waals surface area contributed by atoms with Crippen LogP contribution >= 0.6 is 0 Å². The van der Waals surface area contributed by atoms with E-state index in [0.717, 1.165) is 16.8 Å². The summed E-state index contributed by atoms with van der Waals surface area (Å²) in [6, 6.07) is 3.92. The predicted molar refractivity (Wildman–Crippen MR) is 62.8 cm³/mol. The van der Waals surface area contributed by atoms with Crippen LogP contribution in [0.1, 0.15) is 32.0 Å². The third-order valence-corrected chi connectivity index (χ3v) is 2.25. The molecule has 0 bridgehead atoms. The van der Waals surface area contributed by atoms with Gasteiger partial charge < -0.3 is 0 Å². The van der Waals surface area contributed by atoms with Gasteiger partial charge in [-0.25, -0.2) is 0 Å². The lowest BCUT2D eigenvalue weighted by molar-refractivity contribution is 0.565. The average molecular weight is 187 g/mol. The summed E-state index contributed by atoms with van der Waals surface area (Å²) >= 11 is 0. The van der Waals surface area contributed by atoms with E-state index in [1.54, 1.807) is 6.20 Å². The molecule has 1 heteroatoms. The molecule has 0 saturated carbocycles. The molecule has 1 heterocycles. The molecule has 0 aliphatic heterocycles. The molecule has 0 amide bonds. The Morgan fingerprint density at radius 2 is 2.07 bits per heavy atom. The Balaban J connectivity index is 3.19. The SMILES string of the molecule is C=Cc1cccnc1C(=C)C(C)(C)C. The molecule has 74 valence electrons. The van der Waals surface area contributed by atoms with E-state index in [1.165, 1.54) is 0 Å². The van der Waals surface area contributed by atoms with Gasteiger partial charge in [0.05, 0.1) is 5.69 Å². The standard InChI is InChI=1S/C13H17N/c1-6-11-8-7-9-14-12(11)10(2)13(3,4)5/h6-9H,1-2H2,3-5H3. The highest BCUT2D eigenvalue weighted by Crippen LogP contribution is 2.32. The fraction of sp³-hybridized carbons (Fsp3) is 0.308. The topological polar surface area (TPSA) is 12.9 Å². The van der Waals surface area contributed by atoms with Gasteiger partial charge in [-0.05, 0) is 22.6 Å². The predicted octanol–water partition coefficient (Wildman–Crippen LogP) is 3.78. The molecule has 0 fully saturated rings. The molecule has 0 saturated heterocycles. The molecule has 0 aromatic carbocycles. The average Bonchev–Trinajstić information content (AvgIpc) is 2.15. The van der Waals surface area contributed by atoms with Crippen LogP contribution in [0, 0.1) is 5.41 Å². The number of pyridine rings is 1. The molecular formula is C13H17N. The van der Waals surface area contributed by atoms with Crippen LogP contribution in [0.3, 0.4) is 0 Å². The van der Waals surface area contributed by atoms with Gasteiger partial charge in [-0.1, -0.05) is 46.1 Å². The Bertz CT molecular complexity index is 356. The van der Waals surface area contributed by atoms with Gasteiger partial charge in [-0.15, -0.1) is 0 Å². The minimum atomic E-state index is 0.0477. The van der Waals surface area contributed by atoms with Gasteiger partial charge in [0, 0.05) is 6.20 Å².